The Morgan fingerprint density at radius 3 is 1.57 bits per heavy atom. The molecule has 0 fully saturated rings. The average Bonchev–Trinajstić information content (AvgIpc) is 3.27. The van der Waals surface area contributed by atoms with Crippen LogP contribution in [0.2, 0.25) is 0 Å². The first-order chi connectivity index (χ1) is 14.4. The van der Waals surface area contributed by atoms with Gasteiger partial charge in [0.25, 0.3) is 0 Å². The third-order valence-corrected chi connectivity index (χ3v) is 8.55. The summed E-state index contributed by atoms with van der Waals surface area (Å²) in [6.07, 6.45) is 0. The molecule has 30 heavy (non-hydrogen) atoms. The first-order valence-corrected chi connectivity index (χ1v) is 13.2. The van der Waals surface area contributed by atoms with Crippen molar-refractivity contribution >= 4 is 57.1 Å². The van der Waals surface area contributed by atoms with Crippen LogP contribution in [-0.4, -0.2) is 41.6 Å². The normalized spacial score (nSPS) is 22.1. The first kappa shape index (κ1) is 22.1. The van der Waals surface area contributed by atoms with Crippen LogP contribution in [0.15, 0.2) is 56.0 Å². The van der Waals surface area contributed by atoms with Gasteiger partial charge >= 0.3 is 0 Å². The SMILES string of the molecule is CCN1c2ccc(S(=O)[O-])cc2SC1NN[C@H]1Sc2cc(S(=O)[O-])ccc2N1CC. The molecule has 0 aromatic heterocycles. The molecule has 0 saturated carbocycles. The maximum atomic E-state index is 11.3. The maximum absolute atomic E-state index is 11.3. The van der Waals surface area contributed by atoms with Gasteiger partial charge in [0.1, 0.15) is 11.0 Å². The Labute approximate surface area is 188 Å². The Balaban J connectivity index is 1.47. The number of anilines is 2. The lowest BCUT2D eigenvalue weighted by molar-refractivity contribution is 0.478. The predicted octanol–water partition coefficient (Wildman–Crippen LogP) is 2.39. The van der Waals surface area contributed by atoms with Gasteiger partial charge in [-0.05, 0) is 72.4 Å². The number of hydrogen-bond donors (Lipinski definition) is 2. The molecular formula is C18H20N4O4S4-2. The molecule has 0 bridgehead atoms. The molecule has 4 atom stereocenters. The molecule has 0 spiro atoms. The highest BCUT2D eigenvalue weighted by Crippen LogP contribution is 2.44. The second kappa shape index (κ2) is 9.17. The highest BCUT2D eigenvalue weighted by Gasteiger charge is 2.33. The van der Waals surface area contributed by atoms with Crippen LogP contribution in [0.25, 0.3) is 0 Å². The fourth-order valence-electron chi connectivity index (χ4n) is 3.51. The van der Waals surface area contributed by atoms with Gasteiger partial charge in [0, 0.05) is 32.7 Å². The van der Waals surface area contributed by atoms with E-state index in [-0.39, 0.29) is 20.8 Å². The molecule has 12 heteroatoms. The molecule has 2 heterocycles. The minimum atomic E-state index is -2.26. The average molecular weight is 485 g/mol. The van der Waals surface area contributed by atoms with Gasteiger partial charge in [-0.25, -0.2) is 10.9 Å². The van der Waals surface area contributed by atoms with Gasteiger partial charge in [-0.3, -0.25) is 8.42 Å². The Morgan fingerprint density at radius 1 is 0.833 bits per heavy atom. The van der Waals surface area contributed by atoms with E-state index in [1.807, 2.05) is 26.0 Å². The summed E-state index contributed by atoms with van der Waals surface area (Å²) in [7, 11) is 0. The van der Waals surface area contributed by atoms with Gasteiger partial charge in [-0.15, -0.1) is 0 Å². The van der Waals surface area contributed by atoms with E-state index in [0.29, 0.717) is 0 Å². The van der Waals surface area contributed by atoms with E-state index in [1.165, 1.54) is 0 Å². The van der Waals surface area contributed by atoms with Gasteiger partial charge in [0.05, 0.1) is 11.4 Å². The lowest BCUT2D eigenvalue weighted by Crippen LogP contribution is -2.54. The van der Waals surface area contributed by atoms with Crippen LogP contribution in [0.4, 0.5) is 11.4 Å². The second-order valence-corrected chi connectivity index (χ2v) is 10.7. The lowest BCUT2D eigenvalue weighted by atomic mass is 10.3. The fourth-order valence-corrected chi connectivity index (χ4v) is 6.96. The van der Waals surface area contributed by atoms with Gasteiger partial charge in [-0.2, -0.15) is 0 Å². The minimum absolute atomic E-state index is 0.104. The smallest absolute Gasteiger partial charge is 0.145 e. The lowest BCUT2D eigenvalue weighted by Gasteiger charge is -2.30. The molecule has 162 valence electrons. The van der Waals surface area contributed by atoms with Crippen molar-refractivity contribution < 1.29 is 17.5 Å². The maximum Gasteiger partial charge on any atom is 0.145 e. The Hall–Kier alpha value is -1.12. The van der Waals surface area contributed by atoms with E-state index < -0.39 is 22.2 Å². The van der Waals surface area contributed by atoms with Crippen molar-refractivity contribution in [3.63, 3.8) is 0 Å². The molecule has 0 radical (unpaired) electrons. The van der Waals surface area contributed by atoms with Crippen LogP contribution in [0.3, 0.4) is 0 Å². The number of nitrogens with zero attached hydrogens (tertiary/aromatic N) is 2. The van der Waals surface area contributed by atoms with E-state index in [1.54, 1.807) is 47.8 Å². The molecular weight excluding hydrogens is 464 g/mol. The number of rotatable bonds is 7. The van der Waals surface area contributed by atoms with Crippen LogP contribution >= 0.6 is 23.5 Å². The van der Waals surface area contributed by atoms with E-state index >= 15 is 0 Å². The number of hydrogen-bond acceptors (Lipinski definition) is 10. The van der Waals surface area contributed by atoms with Gasteiger partial charge in [0.15, 0.2) is 0 Å². The third-order valence-electron chi connectivity index (χ3n) is 4.92. The molecule has 4 rings (SSSR count). The molecule has 3 unspecified atom stereocenters. The molecule has 0 saturated heterocycles. The topological polar surface area (TPSA) is 111 Å². The Kier molecular flexibility index (Phi) is 6.75. The van der Waals surface area contributed by atoms with E-state index in [4.69, 9.17) is 0 Å². The van der Waals surface area contributed by atoms with Crippen LogP contribution < -0.4 is 20.7 Å². The fraction of sp³-hybridized carbons (Fsp3) is 0.333. The van der Waals surface area contributed by atoms with E-state index in [9.17, 15) is 17.5 Å². The van der Waals surface area contributed by atoms with Crippen molar-refractivity contribution in [2.45, 2.75) is 44.4 Å². The summed E-state index contributed by atoms with van der Waals surface area (Å²) >= 11 is -1.41. The van der Waals surface area contributed by atoms with Crippen molar-refractivity contribution in [1.29, 1.82) is 0 Å². The van der Waals surface area contributed by atoms with Gasteiger partial charge < -0.3 is 18.9 Å². The second-order valence-electron chi connectivity index (χ2n) is 6.53. The monoisotopic (exact) mass is 484 g/mol. The Bertz CT molecular complexity index is 929. The Morgan fingerprint density at radius 2 is 1.23 bits per heavy atom. The quantitative estimate of drug-likeness (QED) is 0.449. The summed E-state index contributed by atoms with van der Waals surface area (Å²) in [5, 5.41) is 0. The molecule has 2 aromatic rings. The molecule has 8 nitrogen and oxygen atoms in total. The number of benzene rings is 2. The number of hydrazine groups is 1. The summed E-state index contributed by atoms with van der Waals surface area (Å²) in [5.74, 6) is 0. The number of nitrogens with one attached hydrogen (secondary N) is 2. The van der Waals surface area contributed by atoms with Crippen LogP contribution in [0.1, 0.15) is 13.8 Å². The molecule has 2 aliphatic rings. The number of thioether (sulfide) groups is 2. The van der Waals surface area contributed by atoms with Crippen molar-refractivity contribution in [2.24, 2.45) is 0 Å². The molecule has 2 aromatic carbocycles. The zero-order valence-electron chi connectivity index (χ0n) is 16.2. The molecule has 2 aliphatic heterocycles. The minimum Gasteiger partial charge on any atom is -0.768 e. The van der Waals surface area contributed by atoms with Crippen molar-refractivity contribution in [3.8, 4) is 0 Å². The van der Waals surface area contributed by atoms with E-state index in [2.05, 4.69) is 20.7 Å². The van der Waals surface area contributed by atoms with Crippen LogP contribution in [0, 0.1) is 0 Å². The van der Waals surface area contributed by atoms with E-state index in [0.717, 1.165) is 34.3 Å². The zero-order valence-corrected chi connectivity index (χ0v) is 19.5. The largest absolute Gasteiger partial charge is 0.768 e. The van der Waals surface area contributed by atoms with Gasteiger partial charge in [-0.1, -0.05) is 23.5 Å². The summed E-state index contributed by atoms with van der Waals surface area (Å²) in [5.41, 5.74) is 8.50. The van der Waals surface area contributed by atoms with Gasteiger partial charge in [0.2, 0.25) is 0 Å². The third kappa shape index (κ3) is 4.15. The standard InChI is InChI=1S/C18H22N4O4S4/c1-3-21-13-7-5-11(29(23)24)9-15(13)27-17(21)19-20-18-22(4-2)14-8-6-12(30(25)26)10-16(14)28-18/h5-10,17-20H,3-4H2,1-2H3,(H,23,24)(H,25,26)/p-2/t17-,18?/m1/s1. The molecule has 2 N–H and O–H groups in total. The molecule has 0 amide bonds. The molecule has 0 aliphatic carbocycles. The summed E-state index contributed by atoms with van der Waals surface area (Å²) in [6.45, 7) is 5.61. The first-order valence-electron chi connectivity index (χ1n) is 9.27. The zero-order chi connectivity index (χ0) is 21.4. The predicted molar refractivity (Wildman–Crippen MR) is 119 cm³/mol. The summed E-state index contributed by atoms with van der Waals surface area (Å²) in [4.78, 5) is 6.69. The van der Waals surface area contributed by atoms with Crippen LogP contribution in [0.5, 0.6) is 0 Å². The van der Waals surface area contributed by atoms with Crippen molar-refractivity contribution in [2.75, 3.05) is 22.9 Å². The summed E-state index contributed by atoms with van der Waals surface area (Å²) in [6, 6.07) is 10.3. The summed E-state index contributed by atoms with van der Waals surface area (Å²) < 4.78 is 45.1. The highest BCUT2D eigenvalue weighted by molar-refractivity contribution is 8.00. The number of fused-ring (bicyclic) bond motifs is 2. The van der Waals surface area contributed by atoms with Crippen molar-refractivity contribution in [1.82, 2.24) is 10.9 Å². The highest BCUT2D eigenvalue weighted by atomic mass is 32.2. The van der Waals surface area contributed by atoms with Crippen molar-refractivity contribution in [3.05, 3.63) is 36.4 Å². The van der Waals surface area contributed by atoms with Crippen LogP contribution in [-0.2, 0) is 22.2 Å².